The third-order valence-electron chi connectivity index (χ3n) is 4.34. The second kappa shape index (κ2) is 7.58. The Morgan fingerprint density at radius 2 is 2.08 bits per heavy atom. The molecule has 0 spiro atoms. The number of nitrogens with zero attached hydrogens (tertiary/aromatic N) is 1. The van der Waals surface area contributed by atoms with Gasteiger partial charge in [0, 0.05) is 30.1 Å². The van der Waals surface area contributed by atoms with Gasteiger partial charge in [-0.15, -0.1) is 0 Å². The number of amides is 1. The molecule has 2 heterocycles. The van der Waals surface area contributed by atoms with Gasteiger partial charge in [-0.1, -0.05) is 6.07 Å². The van der Waals surface area contributed by atoms with Gasteiger partial charge in [-0.2, -0.15) is 0 Å². The zero-order valence-electron chi connectivity index (χ0n) is 15.2. The molecular weight excluding hydrogens is 332 g/mol. The molecule has 0 atom stereocenters. The number of pyridine rings is 1. The fourth-order valence-corrected chi connectivity index (χ4v) is 3.05. The topological polar surface area (TPSA) is 75.5 Å². The maximum Gasteiger partial charge on any atom is 0.289 e. The number of fused-ring (bicyclic) bond motifs is 1. The Balaban J connectivity index is 1.96. The molecular formula is C20H22N2O4. The van der Waals surface area contributed by atoms with Crippen molar-refractivity contribution in [3.8, 4) is 0 Å². The zero-order valence-corrected chi connectivity index (χ0v) is 15.2. The summed E-state index contributed by atoms with van der Waals surface area (Å²) in [5.74, 6) is -0.0303. The number of methoxy groups -OCH3 is 1. The molecule has 2 aromatic heterocycles. The highest BCUT2D eigenvalue weighted by molar-refractivity contribution is 5.91. The summed E-state index contributed by atoms with van der Waals surface area (Å²) in [6.07, 6.45) is 1.45. The molecule has 0 saturated heterocycles. The molecule has 136 valence electrons. The van der Waals surface area contributed by atoms with Crippen LogP contribution < -0.4 is 5.56 Å². The highest BCUT2D eigenvalue weighted by Crippen LogP contribution is 2.19. The summed E-state index contributed by atoms with van der Waals surface area (Å²) >= 11 is 0. The molecule has 3 aromatic rings. The quantitative estimate of drug-likeness (QED) is 0.738. The van der Waals surface area contributed by atoms with Crippen molar-refractivity contribution >= 4 is 16.8 Å². The van der Waals surface area contributed by atoms with Crippen LogP contribution >= 0.6 is 0 Å². The number of carbonyl (C=O) groups excluding carboxylic acids is 1. The van der Waals surface area contributed by atoms with Crippen LogP contribution in [0.25, 0.3) is 10.9 Å². The van der Waals surface area contributed by atoms with Crippen LogP contribution in [0.4, 0.5) is 0 Å². The minimum atomic E-state index is -0.271. The standard InChI is InChI=1S/C20H22N2O4/c1-13-9-14(2)16-11-15(19(23)21-17(16)10-13)12-22(6-8-25-3)20(24)18-5-4-7-26-18/h4-5,7,9-11H,6,8,12H2,1-3H3,(H,21,23). The van der Waals surface area contributed by atoms with Crippen molar-refractivity contribution in [2.75, 3.05) is 20.3 Å². The average Bonchev–Trinajstić information content (AvgIpc) is 3.13. The Kier molecular flexibility index (Phi) is 5.23. The Labute approximate surface area is 151 Å². The fourth-order valence-electron chi connectivity index (χ4n) is 3.05. The SMILES string of the molecule is COCCN(Cc1cc2c(C)cc(C)cc2[nH]c1=O)C(=O)c1ccco1. The molecule has 0 aliphatic rings. The number of aromatic nitrogens is 1. The molecule has 3 rings (SSSR count). The summed E-state index contributed by atoms with van der Waals surface area (Å²) in [6.45, 7) is 4.92. The lowest BCUT2D eigenvalue weighted by Gasteiger charge is -2.21. The Morgan fingerprint density at radius 3 is 2.77 bits per heavy atom. The Bertz CT molecular complexity index is 973. The second-order valence-electron chi connectivity index (χ2n) is 6.36. The van der Waals surface area contributed by atoms with E-state index in [1.54, 1.807) is 24.1 Å². The van der Waals surface area contributed by atoms with Crippen molar-refractivity contribution in [2.24, 2.45) is 0 Å². The Hall–Kier alpha value is -2.86. The Morgan fingerprint density at radius 1 is 1.27 bits per heavy atom. The van der Waals surface area contributed by atoms with Crippen molar-refractivity contribution in [2.45, 2.75) is 20.4 Å². The van der Waals surface area contributed by atoms with Gasteiger partial charge < -0.3 is 19.0 Å². The second-order valence-corrected chi connectivity index (χ2v) is 6.36. The van der Waals surface area contributed by atoms with Crippen molar-refractivity contribution in [1.82, 2.24) is 9.88 Å². The normalized spacial score (nSPS) is 11.0. The van der Waals surface area contributed by atoms with E-state index < -0.39 is 0 Å². The van der Waals surface area contributed by atoms with Gasteiger partial charge in [0.2, 0.25) is 0 Å². The summed E-state index contributed by atoms with van der Waals surface area (Å²) in [7, 11) is 1.57. The first kappa shape index (κ1) is 17.9. The van der Waals surface area contributed by atoms with Gasteiger partial charge in [0.1, 0.15) is 0 Å². The number of H-pyrrole nitrogens is 1. The first-order chi connectivity index (χ1) is 12.5. The van der Waals surface area contributed by atoms with Crippen LogP contribution in [-0.4, -0.2) is 36.1 Å². The largest absolute Gasteiger partial charge is 0.459 e. The molecule has 0 saturated carbocycles. The van der Waals surface area contributed by atoms with Gasteiger partial charge in [-0.3, -0.25) is 9.59 Å². The van der Waals surface area contributed by atoms with Crippen molar-refractivity contribution in [3.05, 3.63) is 69.4 Å². The van der Waals surface area contributed by atoms with E-state index in [-0.39, 0.29) is 23.8 Å². The van der Waals surface area contributed by atoms with Crippen molar-refractivity contribution in [1.29, 1.82) is 0 Å². The van der Waals surface area contributed by atoms with Gasteiger partial charge in [-0.25, -0.2) is 0 Å². The van der Waals surface area contributed by atoms with E-state index >= 15 is 0 Å². The van der Waals surface area contributed by atoms with E-state index in [0.29, 0.717) is 18.7 Å². The van der Waals surface area contributed by atoms with E-state index in [2.05, 4.69) is 11.1 Å². The maximum atomic E-state index is 12.7. The highest BCUT2D eigenvalue weighted by atomic mass is 16.5. The molecule has 6 nitrogen and oxygen atoms in total. The molecule has 0 aliphatic carbocycles. The number of benzene rings is 1. The monoisotopic (exact) mass is 354 g/mol. The summed E-state index contributed by atoms with van der Waals surface area (Å²) in [6, 6.07) is 9.15. The minimum absolute atomic E-state index is 0.182. The van der Waals surface area contributed by atoms with Crippen LogP contribution in [0.2, 0.25) is 0 Å². The zero-order chi connectivity index (χ0) is 18.7. The van der Waals surface area contributed by atoms with E-state index in [9.17, 15) is 9.59 Å². The molecule has 1 amide bonds. The lowest BCUT2D eigenvalue weighted by Crippen LogP contribution is -2.35. The smallest absolute Gasteiger partial charge is 0.289 e. The summed E-state index contributed by atoms with van der Waals surface area (Å²) in [5.41, 5.74) is 3.31. The number of aryl methyl sites for hydroxylation is 2. The van der Waals surface area contributed by atoms with E-state index in [1.807, 2.05) is 26.0 Å². The average molecular weight is 354 g/mol. The predicted molar refractivity (Wildman–Crippen MR) is 99.4 cm³/mol. The van der Waals surface area contributed by atoms with E-state index in [1.165, 1.54) is 6.26 Å². The van der Waals surface area contributed by atoms with Crippen LogP contribution in [-0.2, 0) is 11.3 Å². The predicted octanol–water partition coefficient (Wildman–Crippen LogP) is 3.03. The molecule has 6 heteroatoms. The molecule has 1 aromatic carbocycles. The summed E-state index contributed by atoms with van der Waals surface area (Å²) in [4.78, 5) is 29.7. The molecule has 0 radical (unpaired) electrons. The molecule has 26 heavy (non-hydrogen) atoms. The summed E-state index contributed by atoms with van der Waals surface area (Å²) in [5, 5.41) is 0.974. The van der Waals surface area contributed by atoms with Gasteiger partial charge in [0.25, 0.3) is 11.5 Å². The first-order valence-corrected chi connectivity index (χ1v) is 8.44. The third-order valence-corrected chi connectivity index (χ3v) is 4.34. The first-order valence-electron chi connectivity index (χ1n) is 8.44. The number of furan rings is 1. The van der Waals surface area contributed by atoms with Gasteiger partial charge in [-0.05, 0) is 49.2 Å². The lowest BCUT2D eigenvalue weighted by atomic mass is 10.0. The molecule has 0 unspecified atom stereocenters. The van der Waals surface area contributed by atoms with Crippen LogP contribution in [0.15, 0.2) is 45.8 Å². The highest BCUT2D eigenvalue weighted by Gasteiger charge is 2.20. The molecule has 0 bridgehead atoms. The van der Waals surface area contributed by atoms with Crippen LogP contribution in [0.3, 0.4) is 0 Å². The lowest BCUT2D eigenvalue weighted by molar-refractivity contribution is 0.0648. The maximum absolute atomic E-state index is 12.7. The third kappa shape index (κ3) is 3.70. The van der Waals surface area contributed by atoms with E-state index in [4.69, 9.17) is 9.15 Å². The molecule has 0 aliphatic heterocycles. The number of ether oxygens (including phenoxy) is 1. The number of hydrogen-bond acceptors (Lipinski definition) is 4. The molecule has 1 N–H and O–H groups in total. The van der Waals surface area contributed by atoms with Crippen LogP contribution in [0.1, 0.15) is 27.2 Å². The number of rotatable bonds is 6. The van der Waals surface area contributed by atoms with Crippen molar-refractivity contribution < 1.29 is 13.9 Å². The minimum Gasteiger partial charge on any atom is -0.459 e. The number of carbonyl (C=O) groups is 1. The van der Waals surface area contributed by atoms with Gasteiger partial charge >= 0.3 is 0 Å². The fraction of sp³-hybridized carbons (Fsp3) is 0.300. The number of nitrogens with one attached hydrogen (secondary N) is 1. The van der Waals surface area contributed by atoms with Gasteiger partial charge in [0.05, 0.1) is 19.4 Å². The van der Waals surface area contributed by atoms with Gasteiger partial charge in [0.15, 0.2) is 5.76 Å². The van der Waals surface area contributed by atoms with Crippen LogP contribution in [0.5, 0.6) is 0 Å². The van der Waals surface area contributed by atoms with Crippen LogP contribution in [0, 0.1) is 13.8 Å². The van der Waals surface area contributed by atoms with E-state index in [0.717, 1.165) is 22.0 Å². The molecule has 0 fully saturated rings. The number of hydrogen-bond donors (Lipinski definition) is 1. The summed E-state index contributed by atoms with van der Waals surface area (Å²) < 4.78 is 10.3. The number of aromatic amines is 1. The van der Waals surface area contributed by atoms with Crippen molar-refractivity contribution in [3.63, 3.8) is 0 Å².